The lowest BCUT2D eigenvalue weighted by Crippen LogP contribution is -2.47. The Morgan fingerprint density at radius 2 is 1.79 bits per heavy atom. The second kappa shape index (κ2) is 8.34. The Kier molecular flexibility index (Phi) is 5.87. The third-order valence-corrected chi connectivity index (χ3v) is 4.63. The normalized spacial score (nSPS) is 13.9. The molecule has 1 N–H and O–H groups in total. The molecule has 7 heteroatoms. The number of carbonyl (C=O) groups is 3. The van der Waals surface area contributed by atoms with E-state index >= 15 is 0 Å². The second-order valence-electron chi connectivity index (χ2n) is 7.14. The van der Waals surface area contributed by atoms with Gasteiger partial charge in [0.25, 0.3) is 5.91 Å². The van der Waals surface area contributed by atoms with Crippen molar-refractivity contribution < 1.29 is 23.9 Å². The number of hydrogen-bond donors (Lipinski definition) is 1. The van der Waals surface area contributed by atoms with Crippen LogP contribution in [0.1, 0.15) is 23.6 Å². The minimum atomic E-state index is -1.05. The highest BCUT2D eigenvalue weighted by Crippen LogP contribution is 2.29. The maximum Gasteiger partial charge on any atom is 0.344 e. The number of hydrogen-bond acceptors (Lipinski definition) is 5. The minimum Gasteiger partial charge on any atom is -0.481 e. The van der Waals surface area contributed by atoms with Crippen molar-refractivity contribution in [3.05, 3.63) is 53.1 Å². The maximum atomic E-state index is 12.8. The van der Waals surface area contributed by atoms with Gasteiger partial charge in [-0.15, -0.1) is 0 Å². The number of esters is 1. The zero-order valence-corrected chi connectivity index (χ0v) is 16.9. The van der Waals surface area contributed by atoms with Gasteiger partial charge in [0.15, 0.2) is 12.7 Å². The van der Waals surface area contributed by atoms with Crippen LogP contribution in [0.15, 0.2) is 36.4 Å². The van der Waals surface area contributed by atoms with E-state index < -0.39 is 18.0 Å². The number of nitrogens with one attached hydrogen (secondary N) is 1. The van der Waals surface area contributed by atoms with E-state index in [0.29, 0.717) is 17.1 Å². The third kappa shape index (κ3) is 4.56. The lowest BCUT2D eigenvalue weighted by Gasteiger charge is -2.30. The lowest BCUT2D eigenvalue weighted by atomic mass is 10.1. The first kappa shape index (κ1) is 20.4. The number of carbonyl (C=O) groups excluding carboxylic acids is 3. The Hall–Kier alpha value is -3.35. The van der Waals surface area contributed by atoms with Gasteiger partial charge >= 0.3 is 5.97 Å². The van der Waals surface area contributed by atoms with E-state index in [4.69, 9.17) is 9.47 Å². The van der Waals surface area contributed by atoms with E-state index in [2.05, 4.69) is 5.32 Å². The van der Waals surface area contributed by atoms with E-state index in [-0.39, 0.29) is 19.1 Å². The summed E-state index contributed by atoms with van der Waals surface area (Å²) in [4.78, 5) is 38.2. The predicted molar refractivity (Wildman–Crippen MR) is 109 cm³/mol. The van der Waals surface area contributed by atoms with Crippen molar-refractivity contribution in [3.8, 4) is 5.75 Å². The van der Waals surface area contributed by atoms with Crippen LogP contribution in [0.25, 0.3) is 0 Å². The quantitative estimate of drug-likeness (QED) is 0.786. The Bertz CT molecular complexity index is 946. The van der Waals surface area contributed by atoms with E-state index in [1.807, 2.05) is 32.9 Å². The highest BCUT2D eigenvalue weighted by molar-refractivity contribution is 6.11. The molecular weight excluding hydrogens is 372 g/mol. The Labute approximate surface area is 169 Å². The molecule has 0 aliphatic carbocycles. The summed E-state index contributed by atoms with van der Waals surface area (Å²) in [6.45, 7) is 6.86. The van der Waals surface area contributed by atoms with Crippen LogP contribution in [-0.2, 0) is 19.1 Å². The van der Waals surface area contributed by atoms with Crippen molar-refractivity contribution in [3.63, 3.8) is 0 Å². The van der Waals surface area contributed by atoms with E-state index in [1.54, 1.807) is 24.3 Å². The average Bonchev–Trinajstić information content (AvgIpc) is 2.65. The SMILES string of the molecule is Cc1cc(C)c(OCC(=O)O[C@H](C)C(=O)N2CC(=O)Nc3ccccc32)c(C)c1. The Morgan fingerprint density at radius 3 is 2.48 bits per heavy atom. The second-order valence-corrected chi connectivity index (χ2v) is 7.14. The molecule has 3 rings (SSSR count). The van der Waals surface area contributed by atoms with Crippen LogP contribution >= 0.6 is 0 Å². The van der Waals surface area contributed by atoms with Gasteiger partial charge in [0.05, 0.1) is 11.4 Å². The van der Waals surface area contributed by atoms with Crippen LogP contribution in [0.3, 0.4) is 0 Å². The standard InChI is InChI=1S/C22H24N2O5/c1-13-9-14(2)21(15(3)10-13)28-12-20(26)29-16(4)22(27)24-11-19(25)23-17-7-5-6-8-18(17)24/h5-10,16H,11-12H2,1-4H3,(H,23,25)/t16-/m1/s1. The summed E-state index contributed by atoms with van der Waals surface area (Å²) in [5.41, 5.74) is 4.08. The molecule has 0 spiro atoms. The summed E-state index contributed by atoms with van der Waals surface area (Å²) in [7, 11) is 0. The number of nitrogens with zero attached hydrogens (tertiary/aromatic N) is 1. The monoisotopic (exact) mass is 396 g/mol. The van der Waals surface area contributed by atoms with Gasteiger partial charge in [-0.2, -0.15) is 0 Å². The average molecular weight is 396 g/mol. The highest BCUT2D eigenvalue weighted by Gasteiger charge is 2.31. The molecule has 2 aromatic carbocycles. The molecule has 0 saturated heterocycles. The van der Waals surface area contributed by atoms with Gasteiger partial charge in [-0.25, -0.2) is 4.79 Å². The summed E-state index contributed by atoms with van der Waals surface area (Å²) < 4.78 is 10.9. The van der Waals surface area contributed by atoms with E-state index in [0.717, 1.165) is 16.7 Å². The van der Waals surface area contributed by atoms with Crippen molar-refractivity contribution >= 4 is 29.2 Å². The van der Waals surface area contributed by atoms with Crippen molar-refractivity contribution in [2.45, 2.75) is 33.8 Å². The largest absolute Gasteiger partial charge is 0.481 e. The smallest absolute Gasteiger partial charge is 0.344 e. The molecule has 0 radical (unpaired) electrons. The molecule has 2 amide bonds. The van der Waals surface area contributed by atoms with Crippen molar-refractivity contribution in [2.24, 2.45) is 0 Å². The van der Waals surface area contributed by atoms with Gasteiger partial charge in [0, 0.05) is 0 Å². The molecule has 1 atom stereocenters. The summed E-state index contributed by atoms with van der Waals surface area (Å²) in [5, 5.41) is 2.72. The molecule has 0 saturated carbocycles. The summed E-state index contributed by atoms with van der Waals surface area (Å²) >= 11 is 0. The van der Waals surface area contributed by atoms with Crippen molar-refractivity contribution in [1.29, 1.82) is 0 Å². The van der Waals surface area contributed by atoms with Crippen LogP contribution < -0.4 is 15.0 Å². The van der Waals surface area contributed by atoms with Gasteiger partial charge in [-0.05, 0) is 51.0 Å². The molecule has 1 aliphatic rings. The number of benzene rings is 2. The zero-order chi connectivity index (χ0) is 21.1. The van der Waals surface area contributed by atoms with E-state index in [9.17, 15) is 14.4 Å². The molecule has 2 aromatic rings. The van der Waals surface area contributed by atoms with Crippen LogP contribution in [0.5, 0.6) is 5.75 Å². The molecule has 0 bridgehead atoms. The number of fused-ring (bicyclic) bond motifs is 1. The molecule has 7 nitrogen and oxygen atoms in total. The highest BCUT2D eigenvalue weighted by atomic mass is 16.6. The topological polar surface area (TPSA) is 84.9 Å². The fourth-order valence-corrected chi connectivity index (χ4v) is 3.46. The van der Waals surface area contributed by atoms with Crippen LogP contribution in [0.2, 0.25) is 0 Å². The molecular formula is C22H24N2O5. The van der Waals surface area contributed by atoms with Gasteiger partial charge in [0.1, 0.15) is 12.3 Å². The molecule has 0 aromatic heterocycles. The number of para-hydroxylation sites is 2. The number of ether oxygens (including phenoxy) is 2. The van der Waals surface area contributed by atoms with Crippen molar-refractivity contribution in [2.75, 3.05) is 23.4 Å². The van der Waals surface area contributed by atoms with Crippen molar-refractivity contribution in [1.82, 2.24) is 0 Å². The lowest BCUT2D eigenvalue weighted by molar-refractivity contribution is -0.155. The summed E-state index contributed by atoms with van der Waals surface area (Å²) in [6.07, 6.45) is -1.05. The first-order chi connectivity index (χ1) is 13.8. The molecule has 1 heterocycles. The fourth-order valence-electron chi connectivity index (χ4n) is 3.46. The Morgan fingerprint density at radius 1 is 1.14 bits per heavy atom. The third-order valence-electron chi connectivity index (χ3n) is 4.63. The van der Waals surface area contributed by atoms with Crippen LogP contribution in [-0.4, -0.2) is 37.0 Å². The predicted octanol–water partition coefficient (Wildman–Crippen LogP) is 2.91. The summed E-state index contributed by atoms with van der Waals surface area (Å²) in [5.74, 6) is -0.791. The number of aryl methyl sites for hydroxylation is 3. The maximum absolute atomic E-state index is 12.8. The molecule has 1 aliphatic heterocycles. The fraction of sp³-hybridized carbons (Fsp3) is 0.318. The molecule has 152 valence electrons. The molecule has 0 unspecified atom stereocenters. The van der Waals surface area contributed by atoms with E-state index in [1.165, 1.54) is 11.8 Å². The van der Waals surface area contributed by atoms with Crippen LogP contribution in [0, 0.1) is 20.8 Å². The number of anilines is 2. The van der Waals surface area contributed by atoms with Gasteiger partial charge in [-0.3, -0.25) is 14.5 Å². The van der Waals surface area contributed by atoms with Gasteiger partial charge < -0.3 is 14.8 Å². The van der Waals surface area contributed by atoms with Crippen LogP contribution in [0.4, 0.5) is 11.4 Å². The summed E-state index contributed by atoms with van der Waals surface area (Å²) in [6, 6.07) is 10.9. The number of amides is 2. The first-order valence-corrected chi connectivity index (χ1v) is 9.36. The minimum absolute atomic E-state index is 0.129. The zero-order valence-electron chi connectivity index (χ0n) is 16.9. The van der Waals surface area contributed by atoms with Gasteiger partial charge in [-0.1, -0.05) is 29.8 Å². The van der Waals surface area contributed by atoms with Gasteiger partial charge in [0.2, 0.25) is 5.91 Å². The first-order valence-electron chi connectivity index (χ1n) is 9.36. The Balaban J connectivity index is 1.63. The molecule has 0 fully saturated rings. The molecule has 29 heavy (non-hydrogen) atoms. The number of rotatable bonds is 5.